The molecule has 0 radical (unpaired) electrons. The fourth-order valence-electron chi connectivity index (χ4n) is 9.17. The molecule has 1 N–H and O–H groups in total. The average molecular weight is 971 g/mol. The molecule has 5 atom stereocenters. The van der Waals surface area contributed by atoms with Crippen LogP contribution in [0, 0.1) is 11.3 Å². The van der Waals surface area contributed by atoms with Gasteiger partial charge in [0.15, 0.2) is 6.23 Å². The molecule has 14 heteroatoms. The number of methoxy groups -OCH3 is 2. The predicted molar refractivity (Wildman–Crippen MR) is 272 cm³/mol. The highest BCUT2D eigenvalue weighted by Crippen LogP contribution is 2.51. The molecule has 2 heterocycles. The van der Waals surface area contributed by atoms with Gasteiger partial charge in [-0.2, -0.15) is 10.2 Å². The van der Waals surface area contributed by atoms with Gasteiger partial charge in [-0.05, 0) is 75.1 Å². The summed E-state index contributed by atoms with van der Waals surface area (Å²) in [5.41, 5.74) is 0.778. The van der Waals surface area contributed by atoms with Crippen molar-refractivity contribution in [2.75, 3.05) is 34.0 Å². The van der Waals surface area contributed by atoms with Gasteiger partial charge >= 0.3 is 0 Å². The van der Waals surface area contributed by atoms with E-state index in [2.05, 4.69) is 50.3 Å². The summed E-state index contributed by atoms with van der Waals surface area (Å²) >= 11 is 0. The van der Waals surface area contributed by atoms with Crippen molar-refractivity contribution in [3.05, 3.63) is 118 Å². The van der Waals surface area contributed by atoms with E-state index in [0.29, 0.717) is 18.1 Å². The number of hydrogen-bond donors (Lipinski definition) is 1. The van der Waals surface area contributed by atoms with Gasteiger partial charge < -0.3 is 37.8 Å². The number of ether oxygens (including phenoxy) is 5. The highest BCUT2D eigenvalue weighted by molar-refractivity contribution is 7.44. The maximum Gasteiger partial charge on any atom is 0.299 e. The molecular formula is C55H79N4O9P. The molecule has 69 heavy (non-hydrogen) atoms. The van der Waals surface area contributed by atoms with Gasteiger partial charge in [0.2, 0.25) is 0 Å². The number of benzene rings is 3. The SMILES string of the molecule is CCCCCCCCCCCCCCCCO[C@@H]1[C@H](OP(OCCC#N)N(C(C)C)C(C)C)[C@@H](COC(c2ccccc2)(c2ccc(OC)cc2)c2ccc(OC)cc2)O[C@H]1n1ccc(=O)nc1O. The Bertz CT molecular complexity index is 2080. The van der Waals surface area contributed by atoms with Crippen molar-refractivity contribution < 1.29 is 37.8 Å². The molecule has 1 aliphatic rings. The summed E-state index contributed by atoms with van der Waals surface area (Å²) in [4.78, 5) is 16.3. The van der Waals surface area contributed by atoms with Crippen molar-refractivity contribution in [2.45, 2.75) is 173 Å². The number of rotatable bonds is 33. The lowest BCUT2D eigenvalue weighted by atomic mass is 9.80. The lowest BCUT2D eigenvalue weighted by Crippen LogP contribution is -2.43. The van der Waals surface area contributed by atoms with E-state index in [1.165, 1.54) is 87.5 Å². The van der Waals surface area contributed by atoms with Crippen LogP contribution in [0.5, 0.6) is 17.5 Å². The number of aromatic nitrogens is 2. The van der Waals surface area contributed by atoms with Crippen LogP contribution in [-0.2, 0) is 28.9 Å². The molecule has 378 valence electrons. The normalized spacial score (nSPS) is 17.7. The lowest BCUT2D eigenvalue weighted by Gasteiger charge is -2.39. The van der Waals surface area contributed by atoms with Crippen LogP contribution in [0.15, 0.2) is 95.9 Å². The quantitative estimate of drug-likeness (QED) is 0.0275. The second-order valence-electron chi connectivity index (χ2n) is 18.4. The molecule has 1 unspecified atom stereocenters. The zero-order chi connectivity index (χ0) is 49.4. The van der Waals surface area contributed by atoms with E-state index in [1.54, 1.807) is 14.2 Å². The van der Waals surface area contributed by atoms with Gasteiger partial charge in [-0.25, -0.2) is 4.67 Å². The molecule has 1 aliphatic heterocycles. The Morgan fingerprint density at radius 3 is 1.75 bits per heavy atom. The Morgan fingerprint density at radius 2 is 1.26 bits per heavy atom. The van der Waals surface area contributed by atoms with Crippen molar-refractivity contribution in [3.63, 3.8) is 0 Å². The lowest BCUT2D eigenvalue weighted by molar-refractivity contribution is -0.0984. The maximum absolute atomic E-state index is 12.4. The molecule has 0 spiro atoms. The molecule has 0 amide bonds. The molecule has 4 aromatic rings. The molecule has 0 saturated carbocycles. The second-order valence-corrected chi connectivity index (χ2v) is 19.8. The van der Waals surface area contributed by atoms with Gasteiger partial charge in [0.25, 0.3) is 20.1 Å². The Labute approximate surface area is 413 Å². The van der Waals surface area contributed by atoms with Crippen LogP contribution in [0.1, 0.15) is 154 Å². The zero-order valence-electron chi connectivity index (χ0n) is 42.3. The fraction of sp³-hybridized carbons (Fsp3) is 0.582. The highest BCUT2D eigenvalue weighted by Gasteiger charge is 2.51. The number of hydrogen-bond acceptors (Lipinski definition) is 12. The van der Waals surface area contributed by atoms with E-state index < -0.39 is 50.2 Å². The molecule has 3 aromatic carbocycles. The van der Waals surface area contributed by atoms with E-state index in [-0.39, 0.29) is 31.7 Å². The van der Waals surface area contributed by atoms with Crippen LogP contribution in [0.3, 0.4) is 0 Å². The first kappa shape index (κ1) is 55.5. The van der Waals surface area contributed by atoms with Crippen molar-refractivity contribution in [1.82, 2.24) is 14.2 Å². The van der Waals surface area contributed by atoms with Crippen LogP contribution < -0.4 is 15.0 Å². The Hall–Kier alpha value is -4.38. The number of nitriles is 1. The predicted octanol–water partition coefficient (Wildman–Crippen LogP) is 12.4. The molecule has 1 saturated heterocycles. The summed E-state index contributed by atoms with van der Waals surface area (Å²) in [5.74, 6) is 1.40. The van der Waals surface area contributed by atoms with Gasteiger partial charge in [0.1, 0.15) is 35.4 Å². The Balaban J connectivity index is 1.48. The topological polar surface area (TPSA) is 147 Å². The van der Waals surface area contributed by atoms with Gasteiger partial charge in [0.05, 0.1) is 39.9 Å². The maximum atomic E-state index is 12.4. The van der Waals surface area contributed by atoms with Gasteiger partial charge in [0, 0.05) is 31.0 Å². The van der Waals surface area contributed by atoms with Crippen LogP contribution >= 0.6 is 8.53 Å². The second kappa shape index (κ2) is 29.7. The summed E-state index contributed by atoms with van der Waals surface area (Å²) in [6.07, 6.45) is 15.6. The summed E-state index contributed by atoms with van der Waals surface area (Å²) in [6.45, 7) is 11.2. The minimum Gasteiger partial charge on any atom is -0.497 e. The van der Waals surface area contributed by atoms with Crippen molar-refractivity contribution in [3.8, 4) is 23.6 Å². The molecule has 1 aromatic heterocycles. The van der Waals surface area contributed by atoms with Gasteiger partial charge in [-0.15, -0.1) is 0 Å². The van der Waals surface area contributed by atoms with Crippen LogP contribution in [0.2, 0.25) is 0 Å². The minimum atomic E-state index is -1.80. The van der Waals surface area contributed by atoms with Crippen molar-refractivity contribution in [1.29, 1.82) is 5.26 Å². The Morgan fingerprint density at radius 1 is 0.739 bits per heavy atom. The van der Waals surface area contributed by atoms with Crippen LogP contribution in [-0.4, -0.2) is 83.8 Å². The number of aromatic hydroxyl groups is 1. The third-order valence-electron chi connectivity index (χ3n) is 12.7. The highest BCUT2D eigenvalue weighted by atomic mass is 31.2. The molecule has 1 fully saturated rings. The molecule has 0 bridgehead atoms. The monoisotopic (exact) mass is 971 g/mol. The van der Waals surface area contributed by atoms with Crippen molar-refractivity contribution >= 4 is 8.53 Å². The minimum absolute atomic E-state index is 0.0176. The third kappa shape index (κ3) is 16.1. The van der Waals surface area contributed by atoms with E-state index in [9.17, 15) is 15.2 Å². The molecule has 13 nitrogen and oxygen atoms in total. The van der Waals surface area contributed by atoms with Crippen LogP contribution in [0.25, 0.3) is 0 Å². The standard InChI is InChI=1S/C55H79N4O9P/c1-8-9-10-11-12-13-14-15-16-17-18-19-20-24-39-64-52-51(68-69(66-40-25-37-56)59(42(2)3)43(4)5)49(67-53(52)58-38-36-50(60)57-54(58)61)41-65-55(44-26-22-21-23-27-44,45-28-32-47(62-6)33-29-45)46-30-34-48(63-7)35-31-46/h21-23,26-36,38,42-43,49,51-53H,8-20,24-25,39-41H2,1-7H3,(H,57,60,61)/t49-,51-,52-,53-,69?/m1/s1. The fourth-order valence-corrected chi connectivity index (χ4v) is 10.9. The van der Waals surface area contributed by atoms with Crippen LogP contribution in [0.4, 0.5) is 0 Å². The smallest absolute Gasteiger partial charge is 0.299 e. The first-order chi connectivity index (χ1) is 33.6. The summed E-state index contributed by atoms with van der Waals surface area (Å²) in [6, 6.07) is 28.7. The number of nitrogens with zero attached hydrogens (tertiary/aromatic N) is 4. The largest absolute Gasteiger partial charge is 0.497 e. The Kier molecular flexibility index (Phi) is 23.9. The van der Waals surface area contributed by atoms with Gasteiger partial charge in [-0.1, -0.05) is 145 Å². The van der Waals surface area contributed by atoms with E-state index in [1.807, 2.05) is 78.9 Å². The third-order valence-corrected chi connectivity index (χ3v) is 14.8. The zero-order valence-corrected chi connectivity index (χ0v) is 43.2. The van der Waals surface area contributed by atoms with Crippen molar-refractivity contribution in [2.24, 2.45) is 0 Å². The first-order valence-corrected chi connectivity index (χ1v) is 26.5. The first-order valence-electron chi connectivity index (χ1n) is 25.4. The molecule has 5 rings (SSSR count). The summed E-state index contributed by atoms with van der Waals surface area (Å²) in [5, 5.41) is 20.8. The molecule has 0 aliphatic carbocycles. The average Bonchev–Trinajstić information content (AvgIpc) is 3.68. The van der Waals surface area contributed by atoms with E-state index in [4.69, 9.17) is 32.7 Å². The molecular weight excluding hydrogens is 892 g/mol. The number of unbranched alkanes of at least 4 members (excludes halogenated alkanes) is 13. The summed E-state index contributed by atoms with van der Waals surface area (Å²) in [7, 11) is 1.48. The van der Waals surface area contributed by atoms with E-state index >= 15 is 0 Å². The summed E-state index contributed by atoms with van der Waals surface area (Å²) < 4.78 is 49.8. The van der Waals surface area contributed by atoms with E-state index in [0.717, 1.165) is 36.0 Å². The van der Waals surface area contributed by atoms with Gasteiger partial charge in [-0.3, -0.25) is 9.36 Å².